The predicted octanol–water partition coefficient (Wildman–Crippen LogP) is 4.00. The second-order valence-electron chi connectivity index (χ2n) is 6.07. The molecule has 0 atom stereocenters. The Labute approximate surface area is 146 Å². The Morgan fingerprint density at radius 2 is 2.04 bits per heavy atom. The summed E-state index contributed by atoms with van der Waals surface area (Å²) in [7, 11) is 0. The predicted molar refractivity (Wildman–Crippen MR) is 99.9 cm³/mol. The quantitative estimate of drug-likeness (QED) is 0.730. The highest BCUT2D eigenvalue weighted by Gasteiger charge is 2.14. The lowest BCUT2D eigenvalue weighted by atomic mass is 10.2. The molecule has 1 aromatic carbocycles. The molecule has 3 aromatic rings. The zero-order chi connectivity index (χ0) is 16.4. The minimum atomic E-state index is 0.806. The van der Waals surface area contributed by atoms with Gasteiger partial charge >= 0.3 is 0 Å². The van der Waals surface area contributed by atoms with Crippen LogP contribution in [0.3, 0.4) is 0 Å². The Balaban J connectivity index is 1.49. The maximum absolute atomic E-state index is 5.46. The maximum atomic E-state index is 5.46. The number of hydrogen-bond acceptors (Lipinski definition) is 4. The first-order valence-corrected chi connectivity index (χ1v) is 9.27. The fraction of sp³-hybridized carbons (Fsp3) is 0.316. The average Bonchev–Trinajstić information content (AvgIpc) is 3.05. The highest BCUT2D eigenvalue weighted by molar-refractivity contribution is 7.98. The van der Waals surface area contributed by atoms with Gasteiger partial charge in [0.1, 0.15) is 0 Å². The van der Waals surface area contributed by atoms with Crippen molar-refractivity contribution in [2.45, 2.75) is 17.7 Å². The number of anilines is 1. The first-order valence-electron chi connectivity index (χ1n) is 8.28. The van der Waals surface area contributed by atoms with Gasteiger partial charge in [-0.15, -0.1) is 11.8 Å². The number of para-hydroxylation sites is 1. The molecule has 1 saturated heterocycles. The van der Waals surface area contributed by atoms with Crippen LogP contribution in [0.2, 0.25) is 0 Å². The first kappa shape index (κ1) is 15.5. The number of benzene rings is 1. The van der Waals surface area contributed by atoms with Gasteiger partial charge in [-0.1, -0.05) is 18.2 Å². The number of rotatable bonds is 4. The highest BCUT2D eigenvalue weighted by atomic mass is 32.2. The maximum Gasteiger partial charge on any atom is 0.0736 e. The minimum Gasteiger partial charge on any atom is -0.378 e. The summed E-state index contributed by atoms with van der Waals surface area (Å²) in [5.41, 5.74) is 4.83. The Kier molecular flexibility index (Phi) is 4.45. The van der Waals surface area contributed by atoms with Gasteiger partial charge < -0.3 is 14.6 Å². The number of morpholine rings is 1. The molecular weight excluding hydrogens is 318 g/mol. The van der Waals surface area contributed by atoms with Gasteiger partial charge in [0, 0.05) is 41.6 Å². The number of aromatic amines is 1. The number of aromatic nitrogens is 2. The van der Waals surface area contributed by atoms with Crippen molar-refractivity contribution < 1.29 is 4.74 Å². The van der Waals surface area contributed by atoms with Gasteiger partial charge in [0.2, 0.25) is 0 Å². The van der Waals surface area contributed by atoms with E-state index in [2.05, 4.69) is 58.2 Å². The SMILES string of the molecule is Cc1cnc(CSc2cc3ccccc3[nH]2)cc1N1CCOCC1. The van der Waals surface area contributed by atoms with E-state index in [0.717, 1.165) is 37.8 Å². The number of aryl methyl sites for hydroxylation is 1. The fourth-order valence-electron chi connectivity index (χ4n) is 3.05. The number of fused-ring (bicyclic) bond motifs is 1. The molecule has 0 unspecified atom stereocenters. The molecule has 4 nitrogen and oxygen atoms in total. The molecule has 0 bridgehead atoms. The summed E-state index contributed by atoms with van der Waals surface area (Å²) in [5, 5.41) is 2.44. The van der Waals surface area contributed by atoms with Crippen molar-refractivity contribution in [1.82, 2.24) is 9.97 Å². The van der Waals surface area contributed by atoms with Crippen molar-refractivity contribution in [3.63, 3.8) is 0 Å². The van der Waals surface area contributed by atoms with E-state index >= 15 is 0 Å². The van der Waals surface area contributed by atoms with E-state index in [1.165, 1.54) is 27.2 Å². The van der Waals surface area contributed by atoms with Crippen molar-refractivity contribution >= 4 is 28.4 Å². The largest absolute Gasteiger partial charge is 0.378 e. The van der Waals surface area contributed by atoms with E-state index in [4.69, 9.17) is 4.74 Å². The molecule has 0 radical (unpaired) electrons. The Morgan fingerprint density at radius 1 is 1.21 bits per heavy atom. The molecule has 1 fully saturated rings. The minimum absolute atomic E-state index is 0.806. The van der Waals surface area contributed by atoms with Crippen LogP contribution in [0.15, 0.2) is 47.6 Å². The monoisotopic (exact) mass is 339 g/mol. The summed E-state index contributed by atoms with van der Waals surface area (Å²) in [6.07, 6.45) is 1.99. The molecule has 1 N–H and O–H groups in total. The second kappa shape index (κ2) is 6.87. The third-order valence-electron chi connectivity index (χ3n) is 4.36. The van der Waals surface area contributed by atoms with Gasteiger partial charge in [0.05, 0.1) is 23.9 Å². The molecule has 3 heterocycles. The third kappa shape index (κ3) is 3.28. The number of nitrogens with one attached hydrogen (secondary N) is 1. The molecule has 0 amide bonds. The molecule has 1 aliphatic rings. The number of nitrogens with zero attached hydrogens (tertiary/aromatic N) is 2. The molecule has 0 spiro atoms. The second-order valence-corrected chi connectivity index (χ2v) is 7.09. The van der Waals surface area contributed by atoms with Crippen LogP contribution in [-0.4, -0.2) is 36.3 Å². The van der Waals surface area contributed by atoms with Crippen LogP contribution in [0, 0.1) is 6.92 Å². The third-order valence-corrected chi connectivity index (χ3v) is 5.33. The highest BCUT2D eigenvalue weighted by Crippen LogP contribution is 2.28. The van der Waals surface area contributed by atoms with Gasteiger partial charge in [0.25, 0.3) is 0 Å². The van der Waals surface area contributed by atoms with Crippen LogP contribution in [-0.2, 0) is 10.5 Å². The van der Waals surface area contributed by atoms with Gasteiger partial charge in [-0.2, -0.15) is 0 Å². The lowest BCUT2D eigenvalue weighted by Gasteiger charge is -2.30. The van der Waals surface area contributed by atoms with Gasteiger partial charge in [-0.05, 0) is 30.7 Å². The average molecular weight is 339 g/mol. The molecule has 2 aromatic heterocycles. The summed E-state index contributed by atoms with van der Waals surface area (Å²) in [6, 6.07) is 12.8. The van der Waals surface area contributed by atoms with Crippen LogP contribution in [0.25, 0.3) is 10.9 Å². The molecule has 0 saturated carbocycles. The molecule has 24 heavy (non-hydrogen) atoms. The topological polar surface area (TPSA) is 41.2 Å². The Hall–Kier alpha value is -1.98. The zero-order valence-corrected chi connectivity index (χ0v) is 14.6. The van der Waals surface area contributed by atoms with Crippen LogP contribution in [0.1, 0.15) is 11.3 Å². The summed E-state index contributed by atoms with van der Waals surface area (Å²) in [6.45, 7) is 5.66. The molecular formula is C19H21N3OS. The standard InChI is InChI=1S/C19H21N3OS/c1-14-12-20-16(11-18(14)22-6-8-23-9-7-22)13-24-19-10-15-4-2-3-5-17(15)21-19/h2-5,10-12,21H,6-9,13H2,1H3. The van der Waals surface area contributed by atoms with Crippen molar-refractivity contribution in [3.8, 4) is 0 Å². The lowest BCUT2D eigenvalue weighted by molar-refractivity contribution is 0.122. The van der Waals surface area contributed by atoms with Gasteiger partial charge in [-0.25, -0.2) is 0 Å². The molecule has 5 heteroatoms. The Bertz CT molecular complexity index is 806. The van der Waals surface area contributed by atoms with Crippen molar-refractivity contribution in [1.29, 1.82) is 0 Å². The lowest BCUT2D eigenvalue weighted by Crippen LogP contribution is -2.36. The summed E-state index contributed by atoms with van der Waals surface area (Å²) in [5.74, 6) is 0.866. The van der Waals surface area contributed by atoms with Gasteiger partial charge in [-0.3, -0.25) is 4.98 Å². The van der Waals surface area contributed by atoms with E-state index in [-0.39, 0.29) is 0 Å². The normalized spacial score (nSPS) is 15.1. The summed E-state index contributed by atoms with van der Waals surface area (Å²) in [4.78, 5) is 10.5. The molecule has 124 valence electrons. The molecule has 0 aliphatic carbocycles. The van der Waals surface area contributed by atoms with E-state index in [1.807, 2.05) is 6.20 Å². The van der Waals surface area contributed by atoms with Gasteiger partial charge in [0.15, 0.2) is 0 Å². The van der Waals surface area contributed by atoms with Crippen LogP contribution < -0.4 is 4.90 Å². The van der Waals surface area contributed by atoms with Crippen molar-refractivity contribution in [2.75, 3.05) is 31.2 Å². The van der Waals surface area contributed by atoms with E-state index < -0.39 is 0 Å². The van der Waals surface area contributed by atoms with Crippen molar-refractivity contribution in [3.05, 3.63) is 53.9 Å². The Morgan fingerprint density at radius 3 is 2.88 bits per heavy atom. The number of thioether (sulfide) groups is 1. The molecule has 4 rings (SSSR count). The van der Waals surface area contributed by atoms with Crippen LogP contribution in [0.5, 0.6) is 0 Å². The number of ether oxygens (including phenoxy) is 1. The number of pyridine rings is 1. The van der Waals surface area contributed by atoms with Crippen LogP contribution in [0.4, 0.5) is 5.69 Å². The van der Waals surface area contributed by atoms with E-state index in [0.29, 0.717) is 0 Å². The summed E-state index contributed by atoms with van der Waals surface area (Å²) < 4.78 is 5.46. The first-order chi connectivity index (χ1) is 11.8. The fourth-order valence-corrected chi connectivity index (χ4v) is 3.91. The van der Waals surface area contributed by atoms with Crippen LogP contribution >= 0.6 is 11.8 Å². The van der Waals surface area contributed by atoms with E-state index in [1.54, 1.807) is 11.8 Å². The number of hydrogen-bond donors (Lipinski definition) is 1. The van der Waals surface area contributed by atoms with Crippen molar-refractivity contribution in [2.24, 2.45) is 0 Å². The zero-order valence-electron chi connectivity index (χ0n) is 13.8. The smallest absolute Gasteiger partial charge is 0.0736 e. The number of H-pyrrole nitrogens is 1. The van der Waals surface area contributed by atoms with E-state index in [9.17, 15) is 0 Å². The summed E-state index contributed by atoms with van der Waals surface area (Å²) >= 11 is 1.80. The molecule has 1 aliphatic heterocycles.